The third-order valence-electron chi connectivity index (χ3n) is 1.05. The van der Waals surface area contributed by atoms with Gasteiger partial charge in [0.1, 0.15) is 0 Å². The number of hydrogen-bond donors (Lipinski definition) is 2. The maximum absolute atomic E-state index is 10.2. The second kappa shape index (κ2) is 5.52. The Morgan fingerprint density at radius 3 is 2.80 bits per heavy atom. The number of rotatable bonds is 5. The van der Waals surface area contributed by atoms with Crippen LogP contribution in [-0.2, 0) is 4.79 Å². The molecule has 0 rings (SSSR count). The molecule has 4 nitrogen and oxygen atoms in total. The summed E-state index contributed by atoms with van der Waals surface area (Å²) in [4.78, 5) is 10.2. The third kappa shape index (κ3) is 3.71. The maximum Gasteiger partial charge on any atom is 0.319 e. The molecule has 0 saturated heterocycles. The minimum absolute atomic E-state index is 0.375. The van der Waals surface area contributed by atoms with Gasteiger partial charge in [0.25, 0.3) is 0 Å². The molecule has 1 atom stereocenters. The van der Waals surface area contributed by atoms with E-state index in [0.29, 0.717) is 12.2 Å². The summed E-state index contributed by atoms with van der Waals surface area (Å²) < 4.78 is 0. The maximum atomic E-state index is 10.2. The highest BCUT2D eigenvalue weighted by atomic mass is 32.2. The van der Waals surface area contributed by atoms with E-state index in [0.717, 1.165) is 0 Å². The molecule has 0 saturated carbocycles. The summed E-state index contributed by atoms with van der Waals surface area (Å²) in [7, 11) is 0. The van der Waals surface area contributed by atoms with Crippen molar-refractivity contribution < 1.29 is 9.90 Å². The molecular weight excluding hydrogens is 154 g/mol. The van der Waals surface area contributed by atoms with E-state index in [1.165, 1.54) is 17.2 Å². The monoisotopic (exact) mass is 164 g/mol. The molecule has 0 amide bonds. The summed E-state index contributed by atoms with van der Waals surface area (Å²) in [6.07, 6.45) is 2.24. The Balaban J connectivity index is 3.50. The number of hydrogen-bond acceptors (Lipinski definition) is 4. The lowest BCUT2D eigenvalue weighted by atomic mass is 10.2. The molecule has 0 radical (unpaired) electrons. The van der Waals surface area contributed by atoms with E-state index < -0.39 is 12.0 Å². The van der Waals surface area contributed by atoms with Crippen LogP contribution in [0.25, 0.3) is 0 Å². The second-order valence-electron chi connectivity index (χ2n) is 1.79. The minimum atomic E-state index is -1.08. The van der Waals surface area contributed by atoms with Crippen molar-refractivity contribution in [3.63, 3.8) is 0 Å². The summed E-state index contributed by atoms with van der Waals surface area (Å²) in [6.45, 7) is 0. The highest BCUT2D eigenvalue weighted by Gasteiger charge is 2.10. The molecular formula is C5H10NO3S-. The summed E-state index contributed by atoms with van der Waals surface area (Å²) in [6, 6.07) is -0.938. The molecule has 0 aliphatic rings. The third-order valence-corrected chi connectivity index (χ3v) is 1.69. The molecule has 2 N–H and O–H groups in total. The highest BCUT2D eigenvalue weighted by molar-refractivity contribution is 7.98. The molecule has 0 heterocycles. The molecule has 0 aromatic carbocycles. The number of nitrogens with one attached hydrogen (secondary N) is 1. The molecule has 5 heteroatoms. The quantitative estimate of drug-likeness (QED) is 0.571. The van der Waals surface area contributed by atoms with Crippen molar-refractivity contribution >= 4 is 17.7 Å². The Hall–Kier alpha value is -0.260. The lowest BCUT2D eigenvalue weighted by molar-refractivity contribution is -0.139. The van der Waals surface area contributed by atoms with Crippen LogP contribution in [0.5, 0.6) is 0 Å². The lowest BCUT2D eigenvalue weighted by Gasteiger charge is -2.16. The molecule has 0 unspecified atom stereocenters. The van der Waals surface area contributed by atoms with Gasteiger partial charge in [0.05, 0.1) is 6.04 Å². The Kier molecular flexibility index (Phi) is 5.38. The second-order valence-corrected chi connectivity index (χ2v) is 2.78. The molecule has 60 valence electrons. The first-order valence-electron chi connectivity index (χ1n) is 2.81. The summed E-state index contributed by atoms with van der Waals surface area (Å²) in [5.74, 6) is -0.393. The Labute approximate surface area is 63.6 Å². The first-order chi connectivity index (χ1) is 4.72. The van der Waals surface area contributed by atoms with Crippen LogP contribution >= 0.6 is 11.8 Å². The van der Waals surface area contributed by atoms with Crippen LogP contribution in [-0.4, -0.2) is 29.1 Å². The molecule has 0 fully saturated rings. The fraction of sp³-hybridized carbons (Fsp3) is 0.800. The van der Waals surface area contributed by atoms with Crippen molar-refractivity contribution in [2.24, 2.45) is 0 Å². The van der Waals surface area contributed by atoms with E-state index in [2.05, 4.69) is 0 Å². The Morgan fingerprint density at radius 2 is 2.50 bits per heavy atom. The van der Waals surface area contributed by atoms with Crippen molar-refractivity contribution in [1.82, 2.24) is 5.48 Å². The molecule has 0 bridgehead atoms. The molecule has 0 aromatic heterocycles. The lowest BCUT2D eigenvalue weighted by Crippen LogP contribution is -2.33. The standard InChI is InChI=1S/C5H10NO3S/c1-10-3-2-4(6-9)5(7)8/h4,6H,2-3H2,1H3,(H,7,8)/q-1/t4-/m0/s1. The number of carboxylic acids is 1. The van der Waals surface area contributed by atoms with Crippen molar-refractivity contribution in [2.45, 2.75) is 12.5 Å². The minimum Gasteiger partial charge on any atom is -0.787 e. The van der Waals surface area contributed by atoms with Gasteiger partial charge in [-0.05, 0) is 18.4 Å². The zero-order valence-corrected chi connectivity index (χ0v) is 6.48. The van der Waals surface area contributed by atoms with Crippen LogP contribution < -0.4 is 5.48 Å². The van der Waals surface area contributed by atoms with Gasteiger partial charge in [-0.1, -0.05) is 0 Å². The van der Waals surface area contributed by atoms with Crippen molar-refractivity contribution in [1.29, 1.82) is 0 Å². The van der Waals surface area contributed by atoms with Crippen LogP contribution in [0.1, 0.15) is 6.42 Å². The largest absolute Gasteiger partial charge is 0.787 e. The zero-order chi connectivity index (χ0) is 7.98. The number of carbonyl (C=O) groups is 1. The van der Waals surface area contributed by atoms with Crippen LogP contribution in [0.4, 0.5) is 0 Å². The SMILES string of the molecule is CSCC[C@H](N[O-])C(=O)O. The van der Waals surface area contributed by atoms with E-state index in [1.54, 1.807) is 0 Å². The molecule has 0 aromatic rings. The van der Waals surface area contributed by atoms with E-state index >= 15 is 0 Å². The van der Waals surface area contributed by atoms with Gasteiger partial charge in [-0.25, -0.2) is 0 Å². The normalized spacial score (nSPS) is 13.0. The van der Waals surface area contributed by atoms with Gasteiger partial charge in [0.15, 0.2) is 0 Å². The Bertz CT molecular complexity index is 109. The topological polar surface area (TPSA) is 72.4 Å². The van der Waals surface area contributed by atoms with Crippen LogP contribution in [0.15, 0.2) is 0 Å². The van der Waals surface area contributed by atoms with Gasteiger partial charge in [-0.15, -0.1) is 0 Å². The molecule has 0 aliphatic carbocycles. The van der Waals surface area contributed by atoms with E-state index in [1.807, 2.05) is 6.26 Å². The summed E-state index contributed by atoms with van der Waals surface area (Å²) >= 11 is 1.52. The summed E-state index contributed by atoms with van der Waals surface area (Å²) in [5.41, 5.74) is 1.47. The van der Waals surface area contributed by atoms with Gasteiger partial charge in [0.2, 0.25) is 0 Å². The number of thioether (sulfide) groups is 1. The van der Waals surface area contributed by atoms with Gasteiger partial charge in [0, 0.05) is 0 Å². The predicted molar refractivity (Wildman–Crippen MR) is 40.9 cm³/mol. The van der Waals surface area contributed by atoms with Crippen LogP contribution in [0.3, 0.4) is 0 Å². The van der Waals surface area contributed by atoms with E-state index in [9.17, 15) is 10.0 Å². The smallest absolute Gasteiger partial charge is 0.319 e. The van der Waals surface area contributed by atoms with Gasteiger partial charge in [-0.3, -0.25) is 4.79 Å². The first kappa shape index (κ1) is 9.74. The van der Waals surface area contributed by atoms with Crippen LogP contribution in [0, 0.1) is 5.21 Å². The number of carboxylic acid groups (broad SMARTS) is 1. The van der Waals surface area contributed by atoms with E-state index in [4.69, 9.17) is 5.11 Å². The molecule has 0 aliphatic heterocycles. The fourth-order valence-corrected chi connectivity index (χ4v) is 0.940. The number of aliphatic carboxylic acids is 1. The first-order valence-corrected chi connectivity index (χ1v) is 4.21. The van der Waals surface area contributed by atoms with Crippen molar-refractivity contribution in [3.8, 4) is 0 Å². The van der Waals surface area contributed by atoms with Gasteiger partial charge >= 0.3 is 5.97 Å². The number of hydroxylamine groups is 1. The molecule has 0 spiro atoms. The van der Waals surface area contributed by atoms with Crippen molar-refractivity contribution in [2.75, 3.05) is 12.0 Å². The summed E-state index contributed by atoms with van der Waals surface area (Å²) in [5, 5.41) is 18.3. The fourth-order valence-electron chi connectivity index (χ4n) is 0.469. The Morgan fingerprint density at radius 1 is 1.90 bits per heavy atom. The van der Waals surface area contributed by atoms with Crippen molar-refractivity contribution in [3.05, 3.63) is 5.21 Å². The van der Waals surface area contributed by atoms with Gasteiger partial charge in [-0.2, -0.15) is 11.8 Å². The zero-order valence-electron chi connectivity index (χ0n) is 5.66. The van der Waals surface area contributed by atoms with Crippen LogP contribution in [0.2, 0.25) is 0 Å². The molecule has 10 heavy (non-hydrogen) atoms. The average Bonchev–Trinajstić information content (AvgIpc) is 1.89. The highest BCUT2D eigenvalue weighted by Crippen LogP contribution is 1.99. The predicted octanol–water partition coefficient (Wildman–Crippen LogP) is 0.280. The average molecular weight is 164 g/mol. The van der Waals surface area contributed by atoms with Gasteiger partial charge < -0.3 is 15.8 Å². The van der Waals surface area contributed by atoms with E-state index in [-0.39, 0.29) is 0 Å².